The highest BCUT2D eigenvalue weighted by Gasteiger charge is 2.31. The fraction of sp³-hybridized carbons (Fsp3) is 0.136. The van der Waals surface area contributed by atoms with Crippen molar-refractivity contribution in [3.8, 4) is 6.19 Å². The molecule has 8 nitrogen and oxygen atoms in total. The van der Waals surface area contributed by atoms with Gasteiger partial charge in [-0.3, -0.25) is 10.0 Å². The number of nitriles is 1. The van der Waals surface area contributed by atoms with Crippen molar-refractivity contribution in [3.05, 3.63) is 84.2 Å². The number of aliphatic imine (C=N–C) groups is 1. The van der Waals surface area contributed by atoms with Crippen molar-refractivity contribution in [1.29, 1.82) is 5.26 Å². The second kappa shape index (κ2) is 11.8. The molecule has 0 amide bonds. The van der Waals surface area contributed by atoms with Gasteiger partial charge in [0.1, 0.15) is 7.05 Å². The van der Waals surface area contributed by atoms with Gasteiger partial charge < -0.3 is 5.32 Å². The lowest BCUT2D eigenvalue weighted by atomic mass is 10.2. The van der Waals surface area contributed by atoms with E-state index in [-0.39, 0.29) is 42.2 Å². The number of benzene rings is 2. The van der Waals surface area contributed by atoms with Crippen LogP contribution < -0.4 is 19.9 Å². The minimum atomic E-state index is -4.65. The molecule has 0 spiro atoms. The number of guanidine groups is 1. The average molecular weight is 617 g/mol. The lowest BCUT2D eigenvalue weighted by Gasteiger charge is -2.11. The van der Waals surface area contributed by atoms with Gasteiger partial charge in [0, 0.05) is 17.8 Å². The summed E-state index contributed by atoms with van der Waals surface area (Å²) in [6, 6.07) is 13.3. The maximum atomic E-state index is 12.9. The number of halogens is 4. The van der Waals surface area contributed by atoms with Crippen molar-refractivity contribution < 1.29 is 26.2 Å². The number of hydrogen-bond donors (Lipinski definition) is 3. The summed E-state index contributed by atoms with van der Waals surface area (Å²) in [5.41, 5.74) is 0.554. The van der Waals surface area contributed by atoms with Gasteiger partial charge in [-0.25, -0.2) is 18.0 Å². The highest BCUT2D eigenvalue weighted by Crippen LogP contribution is 2.30. The van der Waals surface area contributed by atoms with Crippen LogP contribution in [0.3, 0.4) is 0 Å². The number of rotatable bonds is 6. The second-order valence-corrected chi connectivity index (χ2v) is 8.79. The molecule has 0 aliphatic carbocycles. The number of nitrogens with zero attached hydrogens (tertiary/aromatic N) is 3. The first kappa shape index (κ1) is 27.9. The van der Waals surface area contributed by atoms with Gasteiger partial charge in [-0.05, 0) is 35.9 Å². The molecular weight excluding hydrogens is 596 g/mol. The van der Waals surface area contributed by atoms with Crippen LogP contribution in [0, 0.1) is 11.5 Å². The number of pyridine rings is 1. The lowest BCUT2D eigenvalue weighted by molar-refractivity contribution is -0.671. The van der Waals surface area contributed by atoms with Gasteiger partial charge in [0.05, 0.1) is 22.7 Å². The first-order valence-electron chi connectivity index (χ1n) is 9.78. The Labute approximate surface area is 217 Å². The van der Waals surface area contributed by atoms with Crippen LogP contribution in [0.5, 0.6) is 0 Å². The maximum absolute atomic E-state index is 12.9. The van der Waals surface area contributed by atoms with Crippen molar-refractivity contribution >= 4 is 51.3 Å². The third-order valence-corrected chi connectivity index (χ3v) is 5.89. The normalized spacial score (nSPS) is 11.7. The van der Waals surface area contributed by atoms with Crippen LogP contribution in [-0.4, -0.2) is 14.4 Å². The Morgan fingerprint density at radius 3 is 2.31 bits per heavy atom. The van der Waals surface area contributed by atoms with Gasteiger partial charge in [-0.15, -0.1) is 24.0 Å². The first-order chi connectivity index (χ1) is 16.1. The zero-order valence-corrected chi connectivity index (χ0v) is 21.4. The molecule has 0 bridgehead atoms. The number of aromatic nitrogens is 1. The first-order valence-corrected chi connectivity index (χ1v) is 11.3. The molecule has 0 atom stereocenters. The predicted molar refractivity (Wildman–Crippen MR) is 135 cm³/mol. The van der Waals surface area contributed by atoms with Gasteiger partial charge in [-0.1, -0.05) is 18.2 Å². The Morgan fingerprint density at radius 2 is 1.71 bits per heavy atom. The third-order valence-electron chi connectivity index (χ3n) is 4.51. The van der Waals surface area contributed by atoms with Gasteiger partial charge >= 0.3 is 6.18 Å². The van der Waals surface area contributed by atoms with Gasteiger partial charge in [0.2, 0.25) is 5.96 Å². The number of alkyl halides is 3. The van der Waals surface area contributed by atoms with Crippen LogP contribution in [0.1, 0.15) is 11.1 Å². The molecule has 0 saturated carbocycles. The summed E-state index contributed by atoms with van der Waals surface area (Å²) in [6.07, 6.45) is 0.801. The van der Waals surface area contributed by atoms with Crippen LogP contribution in [0.2, 0.25) is 0 Å². The van der Waals surface area contributed by atoms with Crippen molar-refractivity contribution in [2.24, 2.45) is 12.0 Å². The molecule has 2 aromatic carbocycles. The van der Waals surface area contributed by atoms with E-state index >= 15 is 0 Å². The Morgan fingerprint density at radius 1 is 1.06 bits per heavy atom. The topological polar surface area (TPSA) is 110 Å². The summed E-state index contributed by atoms with van der Waals surface area (Å²) in [5, 5.41) is 14.4. The number of anilines is 2. The molecule has 0 fully saturated rings. The Balaban J connectivity index is 0.00000432. The molecule has 13 heteroatoms. The maximum Gasteiger partial charge on any atom is 0.416 e. The number of aryl methyl sites for hydroxylation is 1. The van der Waals surface area contributed by atoms with E-state index in [1.54, 1.807) is 30.5 Å². The van der Waals surface area contributed by atoms with E-state index in [1.807, 2.05) is 24.0 Å². The largest absolute Gasteiger partial charge is 0.416 e. The van der Waals surface area contributed by atoms with E-state index in [0.29, 0.717) is 11.6 Å². The summed E-state index contributed by atoms with van der Waals surface area (Å²) in [4.78, 5) is 3.81. The van der Waals surface area contributed by atoms with Crippen molar-refractivity contribution in [2.75, 3.05) is 10.0 Å². The van der Waals surface area contributed by atoms with E-state index in [1.165, 1.54) is 12.1 Å². The molecule has 0 aliphatic heterocycles. The average Bonchev–Trinajstić information content (AvgIpc) is 2.79. The van der Waals surface area contributed by atoms with Crippen molar-refractivity contribution in [2.45, 2.75) is 17.6 Å². The molecule has 1 aromatic heterocycles. The predicted octanol–water partition coefficient (Wildman–Crippen LogP) is 3.99. The summed E-state index contributed by atoms with van der Waals surface area (Å²) in [7, 11) is -2.34. The van der Waals surface area contributed by atoms with Gasteiger partial charge in [0.15, 0.2) is 18.6 Å². The smallest absolute Gasteiger partial charge is 0.325 e. The fourth-order valence-corrected chi connectivity index (χ4v) is 3.89. The molecule has 0 aliphatic rings. The number of sulfonamides is 1. The third kappa shape index (κ3) is 8.11. The van der Waals surface area contributed by atoms with Gasteiger partial charge in [-0.2, -0.15) is 18.4 Å². The zero-order valence-electron chi connectivity index (χ0n) is 18.2. The monoisotopic (exact) mass is 617 g/mol. The Bertz CT molecular complexity index is 1320. The van der Waals surface area contributed by atoms with Crippen LogP contribution in [0.4, 0.5) is 24.5 Å². The molecule has 0 saturated heterocycles. The summed E-state index contributed by atoms with van der Waals surface area (Å²) in [5.74, 6) is 0.227. The van der Waals surface area contributed by atoms with Crippen LogP contribution >= 0.6 is 24.0 Å². The van der Waals surface area contributed by atoms with E-state index < -0.39 is 26.7 Å². The molecule has 0 unspecified atom stereocenters. The SMILES string of the molecule is C[n+]1ccc(NC(=NCc2ccc(NS(=O)(=O)c3cccc(C(F)(F)F)c3)cc2)NC#N)cc1.I. The molecular formula is C22H21F3IN6O2S+. The molecule has 35 heavy (non-hydrogen) atoms. The van der Waals surface area contributed by atoms with Crippen LogP contribution in [0.25, 0.3) is 0 Å². The molecule has 3 aromatic rings. The minimum Gasteiger partial charge on any atom is -0.325 e. The second-order valence-electron chi connectivity index (χ2n) is 7.11. The van der Waals surface area contributed by atoms with Crippen molar-refractivity contribution in [1.82, 2.24) is 5.32 Å². The van der Waals surface area contributed by atoms with E-state index in [0.717, 1.165) is 23.9 Å². The standard InChI is InChI=1S/C22H19F3N6O2S.HI/c1-31-11-9-18(10-12-31)29-21(28-15-26)27-14-16-5-7-19(8-6-16)30-34(32,33)20-4-2-3-17(13-20)22(23,24)25;/h2-13,30H,14H2,1H3,(H,27,28);1H/p+1. The van der Waals surface area contributed by atoms with Crippen molar-refractivity contribution in [3.63, 3.8) is 0 Å². The van der Waals surface area contributed by atoms with Gasteiger partial charge in [0.25, 0.3) is 10.0 Å². The fourth-order valence-electron chi connectivity index (χ4n) is 2.79. The molecule has 184 valence electrons. The van der Waals surface area contributed by atoms with E-state index in [4.69, 9.17) is 5.26 Å². The summed E-state index contributed by atoms with van der Waals surface area (Å²) in [6.45, 7) is 0.179. The zero-order chi connectivity index (χ0) is 24.8. The van der Waals surface area contributed by atoms with E-state index in [2.05, 4.69) is 20.3 Å². The quantitative estimate of drug-likeness (QED) is 0.0969. The Kier molecular flexibility index (Phi) is 9.43. The molecule has 1 heterocycles. The number of hydrogen-bond acceptors (Lipinski definition) is 4. The minimum absolute atomic E-state index is 0. The van der Waals surface area contributed by atoms with Crippen LogP contribution in [-0.2, 0) is 29.8 Å². The summed E-state index contributed by atoms with van der Waals surface area (Å²) >= 11 is 0. The highest BCUT2D eigenvalue weighted by molar-refractivity contribution is 14.0. The lowest BCUT2D eigenvalue weighted by Crippen LogP contribution is -2.29. The summed E-state index contributed by atoms with van der Waals surface area (Å²) < 4.78 is 67.8. The highest BCUT2D eigenvalue weighted by atomic mass is 127. The Hall–Kier alpha value is -3.38. The molecule has 3 N–H and O–H groups in total. The molecule has 3 rings (SSSR count). The van der Waals surface area contributed by atoms with Crippen LogP contribution in [0.15, 0.2) is 82.9 Å². The van der Waals surface area contributed by atoms with E-state index in [9.17, 15) is 21.6 Å². The molecule has 0 radical (unpaired) electrons. The number of nitrogens with one attached hydrogen (secondary N) is 3.